The molecule has 1 N–H and O–H groups in total. The number of hydrogen-bond acceptors (Lipinski definition) is 6. The summed E-state index contributed by atoms with van der Waals surface area (Å²) in [6.07, 6.45) is 30.6. The molecule has 0 aromatic carbocycles. The molecule has 6 heteroatoms. The number of aliphatic hydroxyl groups excluding tert-OH is 1. The number of hydrogen-bond donors (Lipinski definition) is 1. The summed E-state index contributed by atoms with van der Waals surface area (Å²) in [5.74, 6) is 0.413. The van der Waals surface area contributed by atoms with Gasteiger partial charge < -0.3 is 24.2 Å². The van der Waals surface area contributed by atoms with Crippen LogP contribution in [0.25, 0.3) is 0 Å². The lowest BCUT2D eigenvalue weighted by atomic mass is 10.0. The van der Waals surface area contributed by atoms with Crippen LogP contribution in [0.3, 0.4) is 0 Å². The van der Waals surface area contributed by atoms with Crippen LogP contribution in [0.15, 0.2) is 0 Å². The van der Waals surface area contributed by atoms with Crippen LogP contribution in [0, 0.1) is 5.92 Å². The van der Waals surface area contributed by atoms with Gasteiger partial charge in [-0.3, -0.25) is 4.79 Å². The standard InChI is InChI=1S/C39H79NO5/c1-5-8-10-12-16-21-27-38(28-22-17-13-11-9-6-2)45-36-43-34-26-20-25-31-40(32-33-41)30-24-19-15-14-18-23-29-39(42)44-35-37(4)7-3/h37-38,41H,5-36H2,1-4H3. The van der Waals surface area contributed by atoms with E-state index in [1.54, 1.807) is 0 Å². The Balaban J connectivity index is 3.90. The van der Waals surface area contributed by atoms with Gasteiger partial charge in [-0.2, -0.15) is 0 Å². The maximum absolute atomic E-state index is 11.8. The zero-order valence-corrected chi connectivity index (χ0v) is 30.8. The fourth-order valence-corrected chi connectivity index (χ4v) is 5.75. The van der Waals surface area contributed by atoms with Gasteiger partial charge >= 0.3 is 5.97 Å². The molecule has 0 aliphatic heterocycles. The van der Waals surface area contributed by atoms with Crippen molar-refractivity contribution in [2.45, 2.75) is 194 Å². The minimum atomic E-state index is -0.0407. The average Bonchev–Trinajstić information content (AvgIpc) is 3.04. The molecule has 0 radical (unpaired) electrons. The van der Waals surface area contributed by atoms with Crippen molar-refractivity contribution in [3.05, 3.63) is 0 Å². The van der Waals surface area contributed by atoms with Gasteiger partial charge in [0.05, 0.1) is 19.3 Å². The summed E-state index contributed by atoms with van der Waals surface area (Å²) in [5.41, 5.74) is 0. The largest absolute Gasteiger partial charge is 0.465 e. The minimum absolute atomic E-state index is 0.0407. The van der Waals surface area contributed by atoms with Crippen molar-refractivity contribution < 1.29 is 24.1 Å². The van der Waals surface area contributed by atoms with E-state index in [1.807, 2.05) is 0 Å². The third-order valence-electron chi connectivity index (χ3n) is 9.16. The van der Waals surface area contributed by atoms with Gasteiger partial charge in [0.2, 0.25) is 0 Å². The first-order chi connectivity index (χ1) is 22.1. The van der Waals surface area contributed by atoms with Crippen LogP contribution < -0.4 is 0 Å². The fraction of sp³-hybridized carbons (Fsp3) is 0.974. The third-order valence-corrected chi connectivity index (χ3v) is 9.16. The van der Waals surface area contributed by atoms with Crippen LogP contribution in [0.1, 0.15) is 188 Å². The lowest BCUT2D eigenvalue weighted by Gasteiger charge is -2.21. The van der Waals surface area contributed by atoms with E-state index >= 15 is 0 Å². The number of aliphatic hydroxyl groups is 1. The minimum Gasteiger partial charge on any atom is -0.465 e. The van der Waals surface area contributed by atoms with E-state index in [2.05, 4.69) is 32.6 Å². The summed E-state index contributed by atoms with van der Waals surface area (Å²) in [4.78, 5) is 14.2. The van der Waals surface area contributed by atoms with Gasteiger partial charge in [-0.05, 0) is 64.0 Å². The number of nitrogens with zero attached hydrogens (tertiary/aromatic N) is 1. The highest BCUT2D eigenvalue weighted by molar-refractivity contribution is 5.69. The van der Waals surface area contributed by atoms with E-state index in [4.69, 9.17) is 14.2 Å². The zero-order chi connectivity index (χ0) is 33.1. The van der Waals surface area contributed by atoms with Crippen LogP contribution in [0.4, 0.5) is 0 Å². The van der Waals surface area contributed by atoms with E-state index in [0.717, 1.165) is 64.8 Å². The van der Waals surface area contributed by atoms with Crippen molar-refractivity contribution in [1.29, 1.82) is 0 Å². The number of carbonyl (C=O) groups excluding carboxylic acids is 1. The monoisotopic (exact) mass is 642 g/mol. The first-order valence-corrected chi connectivity index (χ1v) is 19.7. The number of ether oxygens (including phenoxy) is 3. The summed E-state index contributed by atoms with van der Waals surface area (Å²) < 4.78 is 17.4. The molecule has 0 amide bonds. The number of esters is 1. The summed E-state index contributed by atoms with van der Waals surface area (Å²) >= 11 is 0. The first-order valence-electron chi connectivity index (χ1n) is 19.7. The molecule has 0 rings (SSSR count). The second-order valence-electron chi connectivity index (χ2n) is 13.6. The van der Waals surface area contributed by atoms with Crippen molar-refractivity contribution in [2.75, 3.05) is 46.2 Å². The smallest absolute Gasteiger partial charge is 0.305 e. The molecule has 0 aliphatic rings. The predicted octanol–water partition coefficient (Wildman–Crippen LogP) is 10.6. The Kier molecular flexibility index (Phi) is 35.6. The Morgan fingerprint density at radius 3 is 1.71 bits per heavy atom. The van der Waals surface area contributed by atoms with Crippen molar-refractivity contribution in [1.82, 2.24) is 4.90 Å². The van der Waals surface area contributed by atoms with Crippen LogP contribution in [0.2, 0.25) is 0 Å². The highest BCUT2D eigenvalue weighted by Crippen LogP contribution is 2.17. The molecule has 1 unspecified atom stereocenters. The van der Waals surface area contributed by atoms with E-state index in [-0.39, 0.29) is 12.6 Å². The Morgan fingerprint density at radius 1 is 0.644 bits per heavy atom. The van der Waals surface area contributed by atoms with Gasteiger partial charge in [-0.15, -0.1) is 0 Å². The van der Waals surface area contributed by atoms with Crippen LogP contribution >= 0.6 is 0 Å². The van der Waals surface area contributed by atoms with Crippen LogP contribution in [-0.4, -0.2) is 68.3 Å². The molecule has 0 bridgehead atoms. The normalized spacial score (nSPS) is 12.4. The lowest BCUT2D eigenvalue weighted by Crippen LogP contribution is -2.29. The second kappa shape index (κ2) is 36.2. The Morgan fingerprint density at radius 2 is 1.16 bits per heavy atom. The third kappa shape index (κ3) is 33.0. The highest BCUT2D eigenvalue weighted by atomic mass is 16.7. The fourth-order valence-electron chi connectivity index (χ4n) is 5.75. The van der Waals surface area contributed by atoms with Gasteiger partial charge in [0.15, 0.2) is 0 Å². The summed E-state index contributed by atoms with van der Waals surface area (Å²) in [7, 11) is 0. The van der Waals surface area contributed by atoms with E-state index < -0.39 is 0 Å². The highest BCUT2D eigenvalue weighted by Gasteiger charge is 2.10. The van der Waals surface area contributed by atoms with Gasteiger partial charge in [0.1, 0.15) is 6.79 Å². The molecule has 0 saturated carbocycles. The van der Waals surface area contributed by atoms with E-state index in [1.165, 1.54) is 116 Å². The molecule has 6 nitrogen and oxygen atoms in total. The molecular weight excluding hydrogens is 562 g/mol. The molecule has 0 aromatic heterocycles. The molecule has 45 heavy (non-hydrogen) atoms. The molecule has 0 spiro atoms. The SMILES string of the molecule is CCCCCCCCC(CCCCCCCC)OCOCCCCCN(CCO)CCCCCCCCC(=O)OCC(C)CC. The molecule has 1 atom stereocenters. The van der Waals surface area contributed by atoms with E-state index in [0.29, 0.717) is 31.8 Å². The van der Waals surface area contributed by atoms with Crippen LogP contribution in [0.5, 0.6) is 0 Å². The van der Waals surface area contributed by atoms with Crippen molar-refractivity contribution in [3.63, 3.8) is 0 Å². The number of carbonyl (C=O) groups is 1. The van der Waals surface area contributed by atoms with E-state index in [9.17, 15) is 9.90 Å². The quantitative estimate of drug-likeness (QED) is 0.0413. The maximum Gasteiger partial charge on any atom is 0.305 e. The summed E-state index contributed by atoms with van der Waals surface area (Å²) in [5, 5.41) is 9.50. The molecule has 0 saturated heterocycles. The van der Waals surface area contributed by atoms with Crippen molar-refractivity contribution in [3.8, 4) is 0 Å². The Labute approximate surface area is 281 Å². The number of rotatable bonds is 37. The molecule has 0 aromatic rings. The first kappa shape index (κ1) is 44.3. The molecular formula is C39H79NO5. The zero-order valence-electron chi connectivity index (χ0n) is 30.8. The van der Waals surface area contributed by atoms with Gasteiger partial charge in [0, 0.05) is 19.6 Å². The van der Waals surface area contributed by atoms with Crippen molar-refractivity contribution in [2.24, 2.45) is 5.92 Å². The average molecular weight is 642 g/mol. The topological polar surface area (TPSA) is 68.2 Å². The predicted molar refractivity (Wildman–Crippen MR) is 192 cm³/mol. The Hall–Kier alpha value is -0.690. The molecule has 0 aliphatic carbocycles. The Bertz CT molecular complexity index is 574. The van der Waals surface area contributed by atoms with Crippen LogP contribution in [-0.2, 0) is 19.0 Å². The number of unbranched alkanes of at least 4 members (excludes halogenated alkanes) is 17. The molecule has 0 fully saturated rings. The summed E-state index contributed by atoms with van der Waals surface area (Å²) in [6, 6.07) is 0. The lowest BCUT2D eigenvalue weighted by molar-refractivity contribution is -0.145. The van der Waals surface area contributed by atoms with Gasteiger partial charge in [0.25, 0.3) is 0 Å². The molecule has 270 valence electrons. The molecule has 0 heterocycles. The summed E-state index contributed by atoms with van der Waals surface area (Å²) in [6.45, 7) is 13.7. The van der Waals surface area contributed by atoms with Crippen molar-refractivity contribution >= 4 is 5.97 Å². The van der Waals surface area contributed by atoms with Gasteiger partial charge in [-0.25, -0.2) is 0 Å². The van der Waals surface area contributed by atoms with Gasteiger partial charge in [-0.1, -0.05) is 137 Å². The maximum atomic E-state index is 11.8. The second-order valence-corrected chi connectivity index (χ2v) is 13.6.